The molecule has 0 fully saturated rings. The molecule has 0 aliphatic heterocycles. The van der Waals surface area contributed by atoms with Gasteiger partial charge in [0.05, 0.1) is 6.61 Å². The number of aliphatic hydroxyl groups excluding tert-OH is 1. The monoisotopic (exact) mass is 476 g/mol. The molecular weight excluding hydrogens is 440 g/mol. The van der Waals surface area contributed by atoms with Crippen molar-refractivity contribution in [3.05, 3.63) is 118 Å². The maximum Gasteiger partial charge on any atom is 0.140 e. The number of benzene rings is 3. The second kappa shape index (κ2) is 11.2. The van der Waals surface area contributed by atoms with Gasteiger partial charge in [-0.2, -0.15) is 0 Å². The van der Waals surface area contributed by atoms with Gasteiger partial charge < -0.3 is 5.11 Å². The van der Waals surface area contributed by atoms with Gasteiger partial charge in [0.25, 0.3) is 0 Å². The van der Waals surface area contributed by atoms with Gasteiger partial charge in [0.1, 0.15) is 5.78 Å². The summed E-state index contributed by atoms with van der Waals surface area (Å²) in [6, 6.07) is 27.6. The fourth-order valence-electron chi connectivity index (χ4n) is 5.96. The second-order valence-corrected chi connectivity index (χ2v) is 10.2. The molecule has 1 N–H and O–H groups in total. The molecule has 2 nitrogen and oxygen atoms in total. The van der Waals surface area contributed by atoms with Crippen LogP contribution in [0.4, 0.5) is 0 Å². The number of ketones is 1. The highest BCUT2D eigenvalue weighted by Gasteiger charge is 2.34. The number of hydrogen-bond donors (Lipinski definition) is 1. The van der Waals surface area contributed by atoms with Crippen molar-refractivity contribution in [3.63, 3.8) is 0 Å². The SMILES string of the molecule is CCc1ccc(C2=C(CCC(=O)C3C=C(c4ccccc4)CC3c3ccc(CO)cc3)CCC2)cc1. The van der Waals surface area contributed by atoms with E-state index in [9.17, 15) is 9.90 Å². The first-order valence-electron chi connectivity index (χ1n) is 13.4. The van der Waals surface area contributed by atoms with Gasteiger partial charge in [-0.25, -0.2) is 0 Å². The van der Waals surface area contributed by atoms with Crippen molar-refractivity contribution in [1.82, 2.24) is 0 Å². The van der Waals surface area contributed by atoms with Gasteiger partial charge in [-0.05, 0) is 77.5 Å². The molecule has 36 heavy (non-hydrogen) atoms. The highest BCUT2D eigenvalue weighted by molar-refractivity contribution is 5.89. The van der Waals surface area contributed by atoms with Gasteiger partial charge in [-0.3, -0.25) is 4.79 Å². The smallest absolute Gasteiger partial charge is 0.140 e. The molecule has 2 heteroatoms. The van der Waals surface area contributed by atoms with Crippen LogP contribution in [0.3, 0.4) is 0 Å². The molecule has 0 bridgehead atoms. The highest BCUT2D eigenvalue weighted by Crippen LogP contribution is 2.44. The molecule has 0 radical (unpaired) electrons. The van der Waals surface area contributed by atoms with Crippen molar-refractivity contribution in [2.75, 3.05) is 0 Å². The largest absolute Gasteiger partial charge is 0.392 e. The van der Waals surface area contributed by atoms with E-state index in [1.165, 1.54) is 45.4 Å². The third-order valence-electron chi connectivity index (χ3n) is 8.08. The van der Waals surface area contributed by atoms with Crippen LogP contribution < -0.4 is 0 Å². The van der Waals surface area contributed by atoms with Gasteiger partial charge in [-0.15, -0.1) is 0 Å². The average Bonchev–Trinajstić information content (AvgIpc) is 3.60. The van der Waals surface area contributed by atoms with E-state index in [4.69, 9.17) is 0 Å². The molecule has 2 atom stereocenters. The van der Waals surface area contributed by atoms with Crippen LogP contribution in [0, 0.1) is 5.92 Å². The van der Waals surface area contributed by atoms with Crippen molar-refractivity contribution in [1.29, 1.82) is 0 Å². The van der Waals surface area contributed by atoms with Crippen LogP contribution in [0.5, 0.6) is 0 Å². The summed E-state index contributed by atoms with van der Waals surface area (Å²) >= 11 is 0. The summed E-state index contributed by atoms with van der Waals surface area (Å²) in [7, 11) is 0. The Kier molecular flexibility index (Phi) is 7.63. The standard InChI is InChI=1S/C34H36O2/c1-2-24-11-15-28(16-12-24)31-10-6-9-27(31)19-20-34(36)33-22-30(26-7-4-3-5-8-26)21-32(33)29-17-13-25(23-35)14-18-29/h3-5,7-8,11-18,22,32-33,35H,2,6,9-10,19-21,23H2,1H3. The van der Waals surface area contributed by atoms with Crippen LogP contribution >= 0.6 is 0 Å². The van der Waals surface area contributed by atoms with E-state index in [-0.39, 0.29) is 18.4 Å². The molecule has 0 aromatic heterocycles. The molecule has 0 heterocycles. The Morgan fingerprint density at radius 2 is 1.58 bits per heavy atom. The Balaban J connectivity index is 1.36. The van der Waals surface area contributed by atoms with E-state index >= 15 is 0 Å². The van der Waals surface area contributed by atoms with Crippen molar-refractivity contribution in [2.24, 2.45) is 5.92 Å². The number of aryl methyl sites for hydroxylation is 1. The van der Waals surface area contributed by atoms with Gasteiger partial charge in [0.15, 0.2) is 0 Å². The molecule has 5 rings (SSSR count). The highest BCUT2D eigenvalue weighted by atomic mass is 16.3. The molecule has 184 valence electrons. The summed E-state index contributed by atoms with van der Waals surface area (Å²) in [4.78, 5) is 13.7. The van der Waals surface area contributed by atoms with Crippen LogP contribution in [-0.4, -0.2) is 10.9 Å². The van der Waals surface area contributed by atoms with Gasteiger partial charge >= 0.3 is 0 Å². The summed E-state index contributed by atoms with van der Waals surface area (Å²) in [6.07, 6.45) is 9.05. The Labute approximate surface area is 215 Å². The van der Waals surface area contributed by atoms with Crippen molar-refractivity contribution < 1.29 is 9.90 Å². The molecule has 3 aromatic carbocycles. The molecule has 0 spiro atoms. The minimum Gasteiger partial charge on any atom is -0.392 e. The molecule has 2 unspecified atom stereocenters. The fraction of sp³-hybridized carbons (Fsp3) is 0.324. The molecule has 2 aliphatic carbocycles. The quantitative estimate of drug-likeness (QED) is 0.341. The number of rotatable bonds is 9. The Bertz CT molecular complexity index is 1250. The molecule has 0 saturated heterocycles. The van der Waals surface area contributed by atoms with E-state index in [1.807, 2.05) is 18.2 Å². The summed E-state index contributed by atoms with van der Waals surface area (Å²) in [5.41, 5.74) is 10.2. The molecule has 0 saturated carbocycles. The van der Waals surface area contributed by atoms with Gasteiger partial charge in [0, 0.05) is 18.3 Å². The Morgan fingerprint density at radius 3 is 2.28 bits per heavy atom. The van der Waals surface area contributed by atoms with E-state index in [1.54, 1.807) is 0 Å². The molecule has 0 amide bonds. The van der Waals surface area contributed by atoms with Crippen LogP contribution in [0.2, 0.25) is 0 Å². The number of aliphatic hydroxyl groups is 1. The zero-order valence-corrected chi connectivity index (χ0v) is 21.2. The Morgan fingerprint density at radius 1 is 0.861 bits per heavy atom. The summed E-state index contributed by atoms with van der Waals surface area (Å²) < 4.78 is 0. The predicted molar refractivity (Wildman–Crippen MR) is 148 cm³/mol. The predicted octanol–water partition coefficient (Wildman–Crippen LogP) is 7.92. The zero-order chi connectivity index (χ0) is 24.9. The van der Waals surface area contributed by atoms with Crippen LogP contribution in [0.15, 0.2) is 90.5 Å². The summed E-state index contributed by atoms with van der Waals surface area (Å²) in [5, 5.41) is 9.46. The summed E-state index contributed by atoms with van der Waals surface area (Å²) in [6.45, 7) is 2.23. The third-order valence-corrected chi connectivity index (χ3v) is 8.08. The van der Waals surface area contributed by atoms with E-state index < -0.39 is 0 Å². The lowest BCUT2D eigenvalue weighted by atomic mass is 9.83. The molecule has 3 aromatic rings. The van der Waals surface area contributed by atoms with Crippen LogP contribution in [-0.2, 0) is 17.8 Å². The average molecular weight is 477 g/mol. The minimum absolute atomic E-state index is 0.0411. The van der Waals surface area contributed by atoms with E-state index in [0.717, 1.165) is 37.7 Å². The Hall–Kier alpha value is -3.23. The minimum atomic E-state index is -0.102. The zero-order valence-electron chi connectivity index (χ0n) is 21.2. The van der Waals surface area contributed by atoms with Crippen molar-refractivity contribution in [2.45, 2.75) is 64.4 Å². The van der Waals surface area contributed by atoms with Crippen molar-refractivity contribution in [3.8, 4) is 0 Å². The maximum atomic E-state index is 13.7. The molecule has 2 aliphatic rings. The fourth-order valence-corrected chi connectivity index (χ4v) is 5.96. The lowest BCUT2D eigenvalue weighted by Crippen LogP contribution is -2.17. The van der Waals surface area contributed by atoms with E-state index in [0.29, 0.717) is 12.2 Å². The first kappa shape index (κ1) is 24.5. The second-order valence-electron chi connectivity index (χ2n) is 10.2. The summed E-state index contributed by atoms with van der Waals surface area (Å²) in [5.74, 6) is 0.394. The topological polar surface area (TPSA) is 37.3 Å². The number of hydrogen-bond acceptors (Lipinski definition) is 2. The number of carbonyl (C=O) groups is 1. The number of Topliss-reactive ketones (excluding diaryl/α,β-unsaturated/α-hetero) is 1. The lowest BCUT2D eigenvalue weighted by Gasteiger charge is -2.20. The van der Waals surface area contributed by atoms with Crippen molar-refractivity contribution >= 4 is 16.9 Å². The molecular formula is C34H36O2. The number of carbonyl (C=O) groups excluding carboxylic acids is 1. The maximum absolute atomic E-state index is 13.7. The van der Waals surface area contributed by atoms with Gasteiger partial charge in [0.2, 0.25) is 0 Å². The van der Waals surface area contributed by atoms with E-state index in [2.05, 4.69) is 73.7 Å². The van der Waals surface area contributed by atoms with Gasteiger partial charge in [-0.1, -0.05) is 97.4 Å². The lowest BCUT2D eigenvalue weighted by molar-refractivity contribution is -0.121. The number of allylic oxidation sites excluding steroid dienone is 4. The normalized spacial score (nSPS) is 19.6. The first-order valence-corrected chi connectivity index (χ1v) is 13.4. The van der Waals surface area contributed by atoms with Crippen LogP contribution in [0.25, 0.3) is 11.1 Å². The first-order chi connectivity index (χ1) is 17.7. The third kappa shape index (κ3) is 5.29. The van der Waals surface area contributed by atoms with Crippen LogP contribution in [0.1, 0.15) is 79.2 Å².